The van der Waals surface area contributed by atoms with Crippen LogP contribution in [0.1, 0.15) is 5.56 Å². The first-order valence-electron chi connectivity index (χ1n) is 9.20. The van der Waals surface area contributed by atoms with E-state index in [2.05, 4.69) is 5.32 Å². The van der Waals surface area contributed by atoms with Crippen LogP contribution in [0.5, 0.6) is 5.75 Å². The number of nitrogens with zero attached hydrogens (tertiary/aromatic N) is 1. The van der Waals surface area contributed by atoms with Gasteiger partial charge in [-0.15, -0.1) is 0 Å². The van der Waals surface area contributed by atoms with E-state index in [0.29, 0.717) is 5.69 Å². The summed E-state index contributed by atoms with van der Waals surface area (Å²) in [5.41, 5.74) is 1.63. The van der Waals surface area contributed by atoms with E-state index >= 15 is 0 Å². The Kier molecular flexibility index (Phi) is 7.10. The number of nitrogens with one attached hydrogen (secondary N) is 1. The molecule has 0 aliphatic heterocycles. The average molecular weight is 479 g/mol. The van der Waals surface area contributed by atoms with E-state index in [9.17, 15) is 13.2 Å². The molecule has 0 unspecified atom stereocenters. The van der Waals surface area contributed by atoms with Crippen LogP contribution < -0.4 is 14.4 Å². The van der Waals surface area contributed by atoms with Gasteiger partial charge in [0.15, 0.2) is 0 Å². The molecule has 9 heteroatoms. The lowest BCUT2D eigenvalue weighted by molar-refractivity contribution is -0.114. The molecule has 0 spiro atoms. The highest BCUT2D eigenvalue weighted by atomic mass is 35.5. The molecule has 0 atom stereocenters. The molecule has 0 aliphatic carbocycles. The Morgan fingerprint density at radius 3 is 2.42 bits per heavy atom. The molecule has 0 saturated carbocycles. The smallest absolute Gasteiger partial charge is 0.266 e. The lowest BCUT2D eigenvalue weighted by atomic mass is 10.2. The van der Waals surface area contributed by atoms with Crippen LogP contribution in [0.2, 0.25) is 10.0 Å². The van der Waals surface area contributed by atoms with E-state index in [1.807, 2.05) is 19.1 Å². The van der Waals surface area contributed by atoms with Gasteiger partial charge in [0.1, 0.15) is 17.2 Å². The molecule has 1 amide bonds. The predicted molar refractivity (Wildman–Crippen MR) is 124 cm³/mol. The summed E-state index contributed by atoms with van der Waals surface area (Å²) in [6, 6.07) is 17.9. The first-order chi connectivity index (χ1) is 14.7. The summed E-state index contributed by atoms with van der Waals surface area (Å²) in [4.78, 5) is 12.6. The van der Waals surface area contributed by atoms with Crippen LogP contribution in [0.3, 0.4) is 0 Å². The van der Waals surface area contributed by atoms with E-state index in [1.165, 1.54) is 25.3 Å². The molecule has 0 aromatic heterocycles. The summed E-state index contributed by atoms with van der Waals surface area (Å²) >= 11 is 12.2. The Labute approximate surface area is 191 Å². The number of rotatable bonds is 7. The first-order valence-corrected chi connectivity index (χ1v) is 11.4. The lowest BCUT2D eigenvalue weighted by Crippen LogP contribution is -2.38. The van der Waals surface area contributed by atoms with Gasteiger partial charge in [0.25, 0.3) is 10.0 Å². The zero-order chi connectivity index (χ0) is 22.6. The highest BCUT2D eigenvalue weighted by Gasteiger charge is 2.31. The van der Waals surface area contributed by atoms with Crippen molar-refractivity contribution in [3.63, 3.8) is 0 Å². The second-order valence-electron chi connectivity index (χ2n) is 6.62. The van der Waals surface area contributed by atoms with E-state index in [-0.39, 0.29) is 26.4 Å². The summed E-state index contributed by atoms with van der Waals surface area (Å²) in [5, 5.41) is 2.94. The molecule has 162 valence electrons. The maximum Gasteiger partial charge on any atom is 0.266 e. The molecule has 3 rings (SSSR count). The second-order valence-corrected chi connectivity index (χ2v) is 9.30. The van der Waals surface area contributed by atoms with Gasteiger partial charge in [0.05, 0.1) is 17.8 Å². The van der Waals surface area contributed by atoms with E-state index in [1.54, 1.807) is 36.4 Å². The minimum Gasteiger partial charge on any atom is -0.495 e. The fraction of sp³-hybridized carbons (Fsp3) is 0.136. The third-order valence-corrected chi connectivity index (χ3v) is 7.00. The fourth-order valence-electron chi connectivity index (χ4n) is 2.96. The average Bonchev–Trinajstić information content (AvgIpc) is 2.75. The Morgan fingerprint density at radius 2 is 1.71 bits per heavy atom. The van der Waals surface area contributed by atoms with Crippen molar-refractivity contribution in [2.24, 2.45) is 0 Å². The van der Waals surface area contributed by atoms with Crippen LogP contribution in [0, 0.1) is 6.92 Å². The summed E-state index contributed by atoms with van der Waals surface area (Å²) in [7, 11) is -2.84. The topological polar surface area (TPSA) is 75.7 Å². The third-order valence-electron chi connectivity index (χ3n) is 4.52. The zero-order valence-electron chi connectivity index (χ0n) is 16.8. The van der Waals surface area contributed by atoms with Crippen molar-refractivity contribution >= 4 is 50.5 Å². The molecule has 31 heavy (non-hydrogen) atoms. The number of halogens is 2. The number of sulfonamides is 1. The number of benzene rings is 3. The van der Waals surface area contributed by atoms with Gasteiger partial charge in [0, 0.05) is 10.7 Å². The number of ether oxygens (including phenoxy) is 1. The van der Waals surface area contributed by atoms with Crippen molar-refractivity contribution in [3.8, 4) is 5.75 Å². The van der Waals surface area contributed by atoms with Gasteiger partial charge in [-0.05, 0) is 48.9 Å². The fourth-order valence-corrected chi connectivity index (χ4v) is 5.13. The Balaban J connectivity index is 2.06. The second kappa shape index (κ2) is 9.60. The number of methoxy groups -OCH3 is 1. The van der Waals surface area contributed by atoms with Gasteiger partial charge in [-0.25, -0.2) is 8.42 Å². The Bertz CT molecular complexity index is 1220. The highest BCUT2D eigenvalue weighted by Crippen LogP contribution is 2.35. The number of anilines is 2. The largest absolute Gasteiger partial charge is 0.495 e. The van der Waals surface area contributed by atoms with Crippen molar-refractivity contribution in [1.29, 1.82) is 0 Å². The number of hydrogen-bond donors (Lipinski definition) is 1. The maximum absolute atomic E-state index is 13.6. The van der Waals surface area contributed by atoms with Gasteiger partial charge in [-0.1, -0.05) is 53.5 Å². The van der Waals surface area contributed by atoms with Crippen molar-refractivity contribution in [3.05, 3.63) is 82.3 Å². The predicted octanol–water partition coefficient (Wildman–Crippen LogP) is 5.14. The third kappa shape index (κ3) is 5.12. The van der Waals surface area contributed by atoms with Crippen molar-refractivity contribution in [1.82, 2.24) is 0 Å². The highest BCUT2D eigenvalue weighted by molar-refractivity contribution is 7.93. The number of para-hydroxylation sites is 3. The molecule has 6 nitrogen and oxygen atoms in total. The van der Waals surface area contributed by atoms with E-state index in [0.717, 1.165) is 9.87 Å². The van der Waals surface area contributed by atoms with E-state index in [4.69, 9.17) is 27.9 Å². The van der Waals surface area contributed by atoms with Crippen LogP contribution >= 0.6 is 23.2 Å². The monoisotopic (exact) mass is 478 g/mol. The first kappa shape index (κ1) is 22.9. The number of aryl methyl sites for hydroxylation is 1. The number of hydrogen-bond acceptors (Lipinski definition) is 4. The minimum atomic E-state index is -4.26. The molecule has 0 fully saturated rings. The van der Waals surface area contributed by atoms with Crippen molar-refractivity contribution in [2.45, 2.75) is 11.8 Å². The van der Waals surface area contributed by atoms with Gasteiger partial charge in [-0.3, -0.25) is 9.10 Å². The van der Waals surface area contributed by atoms with E-state index < -0.39 is 22.5 Å². The molecule has 0 aliphatic rings. The summed E-state index contributed by atoms with van der Waals surface area (Å²) < 4.78 is 33.4. The molecular formula is C22H20Cl2N2O4S. The zero-order valence-corrected chi connectivity index (χ0v) is 19.1. The van der Waals surface area contributed by atoms with Crippen molar-refractivity contribution in [2.75, 3.05) is 23.3 Å². The number of carbonyl (C=O) groups excluding carboxylic acids is 1. The van der Waals surface area contributed by atoms with Gasteiger partial charge >= 0.3 is 0 Å². The molecule has 0 saturated heterocycles. The summed E-state index contributed by atoms with van der Waals surface area (Å²) in [5.74, 6) is -0.241. The normalized spacial score (nSPS) is 11.1. The Morgan fingerprint density at radius 1 is 1.03 bits per heavy atom. The van der Waals surface area contributed by atoms with Crippen LogP contribution in [-0.2, 0) is 14.8 Å². The molecule has 3 aromatic carbocycles. The van der Waals surface area contributed by atoms with Crippen LogP contribution in [0.25, 0.3) is 0 Å². The van der Waals surface area contributed by atoms with Gasteiger partial charge in [-0.2, -0.15) is 0 Å². The summed E-state index contributed by atoms with van der Waals surface area (Å²) in [6.07, 6.45) is 0. The SMILES string of the molecule is COc1ccccc1N(CC(=O)Nc1ccccc1C)S(=O)(=O)c1cc(Cl)ccc1Cl. The van der Waals surface area contributed by atoms with Crippen LogP contribution in [-0.4, -0.2) is 28.0 Å². The molecule has 0 radical (unpaired) electrons. The maximum atomic E-state index is 13.6. The molecule has 0 bridgehead atoms. The molecular weight excluding hydrogens is 459 g/mol. The van der Waals surface area contributed by atoms with Gasteiger partial charge in [0.2, 0.25) is 5.91 Å². The molecule has 3 aromatic rings. The minimum absolute atomic E-state index is 0.0105. The van der Waals surface area contributed by atoms with Crippen LogP contribution in [0.4, 0.5) is 11.4 Å². The standard InChI is InChI=1S/C22H20Cl2N2O4S/c1-15-7-3-4-8-18(15)25-22(27)14-26(19-9-5-6-10-20(19)30-2)31(28,29)21-13-16(23)11-12-17(21)24/h3-13H,14H2,1-2H3,(H,25,27). The van der Waals surface area contributed by atoms with Crippen molar-refractivity contribution < 1.29 is 17.9 Å². The Hall–Kier alpha value is -2.74. The lowest BCUT2D eigenvalue weighted by Gasteiger charge is -2.26. The molecule has 1 N–H and O–H groups in total. The van der Waals surface area contributed by atoms with Crippen LogP contribution in [0.15, 0.2) is 71.6 Å². The molecule has 0 heterocycles. The number of carbonyl (C=O) groups is 1. The summed E-state index contributed by atoms with van der Waals surface area (Å²) in [6.45, 7) is 1.34. The van der Waals surface area contributed by atoms with Gasteiger partial charge < -0.3 is 10.1 Å². The quantitative estimate of drug-likeness (QED) is 0.509. The number of amides is 1.